The fourth-order valence-electron chi connectivity index (χ4n) is 2.48. The van der Waals surface area contributed by atoms with Crippen LogP contribution in [0, 0.1) is 0 Å². The number of thiazole rings is 1. The summed E-state index contributed by atoms with van der Waals surface area (Å²) in [6.07, 6.45) is 1.86. The molecule has 0 fully saturated rings. The number of hydrogen-bond donors (Lipinski definition) is 1. The van der Waals surface area contributed by atoms with Gasteiger partial charge in [0.05, 0.1) is 13.2 Å². The first-order chi connectivity index (χ1) is 10.3. The minimum atomic E-state index is 0.154. The molecule has 1 aromatic heterocycles. The Morgan fingerprint density at radius 3 is 2.71 bits per heavy atom. The highest BCUT2D eigenvalue weighted by atomic mass is 32.1. The van der Waals surface area contributed by atoms with Gasteiger partial charge in [-0.1, -0.05) is 25.1 Å². The standard InChI is InChI=1S/C17H18N2OS/c1-3-18-16(17-19-8-9-21-17)14-5-4-13-11-15(20-2)7-6-12(13)10-14/h4-11,16,18H,3H2,1-2H3. The van der Waals surface area contributed by atoms with Crippen molar-refractivity contribution in [1.29, 1.82) is 0 Å². The molecule has 0 saturated carbocycles. The van der Waals surface area contributed by atoms with E-state index < -0.39 is 0 Å². The van der Waals surface area contributed by atoms with E-state index in [1.54, 1.807) is 18.4 Å². The number of nitrogens with one attached hydrogen (secondary N) is 1. The number of fused-ring (bicyclic) bond motifs is 1. The van der Waals surface area contributed by atoms with Crippen molar-refractivity contribution < 1.29 is 4.74 Å². The lowest BCUT2D eigenvalue weighted by atomic mass is 10.0. The van der Waals surface area contributed by atoms with Crippen LogP contribution in [0.3, 0.4) is 0 Å². The largest absolute Gasteiger partial charge is 0.497 e. The van der Waals surface area contributed by atoms with Gasteiger partial charge in [-0.15, -0.1) is 11.3 Å². The predicted octanol–water partition coefficient (Wildman–Crippen LogP) is 4.00. The Morgan fingerprint density at radius 2 is 2.00 bits per heavy atom. The summed E-state index contributed by atoms with van der Waals surface area (Å²) in [5.41, 5.74) is 1.24. The summed E-state index contributed by atoms with van der Waals surface area (Å²) in [5.74, 6) is 0.887. The van der Waals surface area contributed by atoms with Crippen LogP contribution in [0.25, 0.3) is 10.8 Å². The van der Waals surface area contributed by atoms with Gasteiger partial charge in [0.25, 0.3) is 0 Å². The van der Waals surface area contributed by atoms with Gasteiger partial charge in [-0.25, -0.2) is 4.98 Å². The first-order valence-corrected chi connectivity index (χ1v) is 7.90. The van der Waals surface area contributed by atoms with Gasteiger partial charge in [0.1, 0.15) is 10.8 Å². The first-order valence-electron chi connectivity index (χ1n) is 7.02. The normalized spacial score (nSPS) is 12.5. The molecule has 0 aliphatic heterocycles. The Labute approximate surface area is 128 Å². The number of nitrogens with zero attached hydrogens (tertiary/aromatic N) is 1. The number of rotatable bonds is 5. The zero-order valence-corrected chi connectivity index (χ0v) is 13.0. The number of hydrogen-bond acceptors (Lipinski definition) is 4. The smallest absolute Gasteiger partial charge is 0.119 e. The monoisotopic (exact) mass is 298 g/mol. The lowest BCUT2D eigenvalue weighted by molar-refractivity contribution is 0.415. The van der Waals surface area contributed by atoms with Gasteiger partial charge in [0.2, 0.25) is 0 Å². The van der Waals surface area contributed by atoms with Gasteiger partial charge in [-0.2, -0.15) is 0 Å². The molecule has 0 aliphatic carbocycles. The maximum absolute atomic E-state index is 5.28. The molecule has 0 aliphatic rings. The minimum absolute atomic E-state index is 0.154. The minimum Gasteiger partial charge on any atom is -0.497 e. The summed E-state index contributed by atoms with van der Waals surface area (Å²) < 4.78 is 5.28. The molecule has 1 atom stereocenters. The van der Waals surface area contributed by atoms with Crippen LogP contribution in [0.5, 0.6) is 5.75 Å². The third kappa shape index (κ3) is 2.91. The molecule has 1 heterocycles. The summed E-state index contributed by atoms with van der Waals surface area (Å²) in [6, 6.07) is 12.8. The fourth-order valence-corrected chi connectivity index (χ4v) is 3.22. The highest BCUT2D eigenvalue weighted by Gasteiger charge is 2.15. The summed E-state index contributed by atoms with van der Waals surface area (Å²) in [4.78, 5) is 4.46. The molecule has 21 heavy (non-hydrogen) atoms. The van der Waals surface area contributed by atoms with E-state index in [0.29, 0.717) is 0 Å². The van der Waals surface area contributed by atoms with Crippen LogP contribution in [-0.4, -0.2) is 18.6 Å². The molecule has 3 aromatic rings. The molecule has 0 radical (unpaired) electrons. The summed E-state index contributed by atoms with van der Waals surface area (Å²) in [6.45, 7) is 3.03. The third-order valence-corrected chi connectivity index (χ3v) is 4.35. The van der Waals surface area contributed by atoms with Crippen LogP contribution in [0.1, 0.15) is 23.5 Å². The van der Waals surface area contributed by atoms with Gasteiger partial charge in [0.15, 0.2) is 0 Å². The lowest BCUT2D eigenvalue weighted by Crippen LogP contribution is -2.21. The average molecular weight is 298 g/mol. The summed E-state index contributed by atoms with van der Waals surface area (Å²) in [7, 11) is 1.69. The number of methoxy groups -OCH3 is 1. The lowest BCUT2D eigenvalue weighted by Gasteiger charge is -2.16. The van der Waals surface area contributed by atoms with E-state index in [2.05, 4.69) is 47.6 Å². The van der Waals surface area contributed by atoms with Crippen LogP contribution in [0.2, 0.25) is 0 Å². The summed E-state index contributed by atoms with van der Waals surface area (Å²) >= 11 is 1.68. The van der Waals surface area contributed by atoms with Gasteiger partial charge in [-0.3, -0.25) is 0 Å². The van der Waals surface area contributed by atoms with Crippen LogP contribution >= 0.6 is 11.3 Å². The number of ether oxygens (including phenoxy) is 1. The van der Waals surface area contributed by atoms with Gasteiger partial charge < -0.3 is 10.1 Å². The molecule has 0 amide bonds. The van der Waals surface area contributed by atoms with E-state index in [1.165, 1.54) is 16.3 Å². The Bertz CT molecular complexity index is 725. The van der Waals surface area contributed by atoms with E-state index in [9.17, 15) is 0 Å². The van der Waals surface area contributed by atoms with Crippen LogP contribution in [-0.2, 0) is 0 Å². The quantitative estimate of drug-likeness (QED) is 0.773. The molecule has 1 unspecified atom stereocenters. The van der Waals surface area contributed by atoms with Gasteiger partial charge >= 0.3 is 0 Å². The Morgan fingerprint density at radius 1 is 1.19 bits per heavy atom. The van der Waals surface area contributed by atoms with E-state index in [1.807, 2.05) is 17.6 Å². The van der Waals surface area contributed by atoms with Crippen molar-refractivity contribution in [3.05, 3.63) is 58.5 Å². The maximum Gasteiger partial charge on any atom is 0.119 e. The Hall–Kier alpha value is -1.91. The molecule has 2 aromatic carbocycles. The molecule has 0 bridgehead atoms. The number of benzene rings is 2. The SMILES string of the molecule is CCNC(c1ccc2cc(OC)ccc2c1)c1nccs1. The summed E-state index contributed by atoms with van der Waals surface area (Å²) in [5, 5.41) is 9.04. The fraction of sp³-hybridized carbons (Fsp3) is 0.235. The van der Waals surface area contributed by atoms with Crippen molar-refractivity contribution in [3.63, 3.8) is 0 Å². The average Bonchev–Trinajstić information content (AvgIpc) is 3.05. The Kier molecular flexibility index (Phi) is 4.18. The van der Waals surface area contributed by atoms with Crippen molar-refractivity contribution in [1.82, 2.24) is 10.3 Å². The Balaban J connectivity index is 2.02. The highest BCUT2D eigenvalue weighted by Crippen LogP contribution is 2.28. The van der Waals surface area contributed by atoms with Crippen LogP contribution in [0.15, 0.2) is 48.0 Å². The van der Waals surface area contributed by atoms with Crippen LogP contribution < -0.4 is 10.1 Å². The van der Waals surface area contributed by atoms with Crippen molar-refractivity contribution in [2.24, 2.45) is 0 Å². The molecule has 1 N–H and O–H groups in total. The highest BCUT2D eigenvalue weighted by molar-refractivity contribution is 7.09. The molecule has 4 heteroatoms. The van der Waals surface area contributed by atoms with Crippen molar-refractivity contribution in [2.75, 3.05) is 13.7 Å². The second-order valence-electron chi connectivity index (χ2n) is 4.83. The third-order valence-electron chi connectivity index (χ3n) is 3.51. The van der Waals surface area contributed by atoms with Gasteiger partial charge in [0, 0.05) is 11.6 Å². The van der Waals surface area contributed by atoms with Crippen molar-refractivity contribution >= 4 is 22.1 Å². The number of aromatic nitrogens is 1. The molecule has 0 saturated heterocycles. The van der Waals surface area contributed by atoms with Crippen LogP contribution in [0.4, 0.5) is 0 Å². The zero-order valence-electron chi connectivity index (χ0n) is 12.2. The first kappa shape index (κ1) is 14.0. The maximum atomic E-state index is 5.28. The molecule has 0 spiro atoms. The second-order valence-corrected chi connectivity index (χ2v) is 5.76. The topological polar surface area (TPSA) is 34.1 Å². The van der Waals surface area contributed by atoms with E-state index in [0.717, 1.165) is 17.3 Å². The van der Waals surface area contributed by atoms with E-state index in [4.69, 9.17) is 4.74 Å². The van der Waals surface area contributed by atoms with Crippen molar-refractivity contribution in [3.8, 4) is 5.75 Å². The molecule has 108 valence electrons. The van der Waals surface area contributed by atoms with Gasteiger partial charge in [-0.05, 0) is 41.1 Å². The second kappa shape index (κ2) is 6.24. The molecular formula is C17H18N2OS. The van der Waals surface area contributed by atoms with Crippen molar-refractivity contribution in [2.45, 2.75) is 13.0 Å². The van der Waals surface area contributed by atoms with E-state index >= 15 is 0 Å². The molecule has 3 nitrogen and oxygen atoms in total. The molecular weight excluding hydrogens is 280 g/mol. The zero-order chi connectivity index (χ0) is 14.7. The van der Waals surface area contributed by atoms with E-state index in [-0.39, 0.29) is 6.04 Å². The predicted molar refractivity (Wildman–Crippen MR) is 88.1 cm³/mol. The molecule has 3 rings (SSSR count).